The van der Waals surface area contributed by atoms with Gasteiger partial charge < -0.3 is 14.3 Å². The lowest BCUT2D eigenvalue weighted by atomic mass is 10.2. The van der Waals surface area contributed by atoms with E-state index in [-0.39, 0.29) is 6.04 Å². The molecule has 0 unspecified atom stereocenters. The molecule has 2 aromatic heterocycles. The first-order chi connectivity index (χ1) is 13.0. The summed E-state index contributed by atoms with van der Waals surface area (Å²) in [6, 6.07) is 1.89. The summed E-state index contributed by atoms with van der Waals surface area (Å²) >= 11 is 0. The molecule has 1 saturated carbocycles. The zero-order chi connectivity index (χ0) is 19.0. The lowest BCUT2D eigenvalue weighted by Gasteiger charge is -2.29. The third kappa shape index (κ3) is 4.18. The lowest BCUT2D eigenvalue weighted by Crippen LogP contribution is -2.39. The van der Waals surface area contributed by atoms with Crippen LogP contribution in [-0.4, -0.2) is 71.5 Å². The van der Waals surface area contributed by atoms with Crippen LogP contribution in [0.3, 0.4) is 0 Å². The third-order valence-electron chi connectivity index (χ3n) is 5.03. The molecule has 2 fully saturated rings. The summed E-state index contributed by atoms with van der Waals surface area (Å²) in [5.41, 5.74) is 0. The zero-order valence-corrected chi connectivity index (χ0v) is 16.0. The molecule has 1 saturated heterocycles. The van der Waals surface area contributed by atoms with Gasteiger partial charge in [0.2, 0.25) is 11.8 Å². The van der Waals surface area contributed by atoms with Gasteiger partial charge in [-0.15, -0.1) is 0 Å². The fourth-order valence-corrected chi connectivity index (χ4v) is 3.52. The summed E-state index contributed by atoms with van der Waals surface area (Å²) in [6.45, 7) is 1.65. The largest absolute Gasteiger partial charge is 0.349 e. The van der Waals surface area contributed by atoms with E-state index in [2.05, 4.69) is 25.0 Å². The Kier molecular flexibility index (Phi) is 4.94. The van der Waals surface area contributed by atoms with E-state index in [0.29, 0.717) is 43.7 Å². The second-order valence-corrected chi connectivity index (χ2v) is 7.77. The molecule has 2 aromatic rings. The van der Waals surface area contributed by atoms with Crippen molar-refractivity contribution in [2.45, 2.75) is 43.9 Å². The maximum atomic E-state index is 14.2. The van der Waals surface area contributed by atoms with Crippen molar-refractivity contribution in [3.05, 3.63) is 24.0 Å². The highest BCUT2D eigenvalue weighted by molar-refractivity contribution is 5.45. The molecule has 146 valence electrons. The molecule has 2 aliphatic rings. The smallest absolute Gasteiger partial charge is 0.229 e. The van der Waals surface area contributed by atoms with Crippen LogP contribution in [0.5, 0.6) is 0 Å². The van der Waals surface area contributed by atoms with Gasteiger partial charge in [-0.3, -0.25) is 4.90 Å². The standard InChI is InChI=1S/C18H26FN7O/c1-24(2)18-20-7-6-16(22-18)26-9-13(19)8-14(26)10-25(3)11-15-21-17(27-23-15)12-4-5-12/h6-7,12-14H,4-5,8-11H2,1-3H3/t13-,14-/m0/s1. The van der Waals surface area contributed by atoms with E-state index in [1.807, 2.05) is 37.0 Å². The van der Waals surface area contributed by atoms with Crippen molar-refractivity contribution >= 4 is 11.8 Å². The van der Waals surface area contributed by atoms with Crippen LogP contribution in [0, 0.1) is 0 Å². The molecule has 1 aliphatic carbocycles. The van der Waals surface area contributed by atoms with Gasteiger partial charge in [0.05, 0.1) is 13.1 Å². The average molecular weight is 375 g/mol. The number of aromatic nitrogens is 4. The first kappa shape index (κ1) is 18.1. The Balaban J connectivity index is 1.42. The van der Waals surface area contributed by atoms with E-state index in [1.54, 1.807) is 6.20 Å². The van der Waals surface area contributed by atoms with Crippen molar-refractivity contribution in [2.24, 2.45) is 0 Å². The van der Waals surface area contributed by atoms with Crippen LogP contribution < -0.4 is 9.80 Å². The second kappa shape index (κ2) is 7.38. The Hall–Kier alpha value is -2.29. The van der Waals surface area contributed by atoms with Gasteiger partial charge in [0.25, 0.3) is 0 Å². The number of halogens is 1. The molecule has 0 aromatic carbocycles. The van der Waals surface area contributed by atoms with Crippen molar-refractivity contribution in [2.75, 3.05) is 44.0 Å². The highest BCUT2D eigenvalue weighted by atomic mass is 19.1. The number of alkyl halides is 1. The topological polar surface area (TPSA) is 74.4 Å². The summed E-state index contributed by atoms with van der Waals surface area (Å²) in [7, 11) is 5.79. The second-order valence-electron chi connectivity index (χ2n) is 7.77. The molecule has 4 rings (SSSR count). The number of likely N-dealkylation sites (N-methyl/N-ethyl adjacent to an activating group) is 1. The van der Waals surface area contributed by atoms with Gasteiger partial charge in [0.15, 0.2) is 5.82 Å². The number of nitrogens with zero attached hydrogens (tertiary/aromatic N) is 7. The number of hydrogen-bond donors (Lipinski definition) is 0. The lowest BCUT2D eigenvalue weighted by molar-refractivity contribution is 0.278. The number of hydrogen-bond acceptors (Lipinski definition) is 8. The average Bonchev–Trinajstić information content (AvgIpc) is 3.28. The van der Waals surface area contributed by atoms with Crippen molar-refractivity contribution in [1.29, 1.82) is 0 Å². The van der Waals surface area contributed by atoms with Crippen molar-refractivity contribution in [3.63, 3.8) is 0 Å². The Morgan fingerprint density at radius 1 is 1.26 bits per heavy atom. The Morgan fingerprint density at radius 3 is 2.81 bits per heavy atom. The van der Waals surface area contributed by atoms with Crippen LogP contribution in [-0.2, 0) is 6.54 Å². The Morgan fingerprint density at radius 2 is 2.07 bits per heavy atom. The van der Waals surface area contributed by atoms with Gasteiger partial charge >= 0.3 is 0 Å². The highest BCUT2D eigenvalue weighted by Crippen LogP contribution is 2.38. The van der Waals surface area contributed by atoms with E-state index in [4.69, 9.17) is 4.52 Å². The summed E-state index contributed by atoms with van der Waals surface area (Å²) in [5.74, 6) is 3.29. The number of rotatable bonds is 7. The number of anilines is 2. The molecule has 0 spiro atoms. The van der Waals surface area contributed by atoms with Gasteiger partial charge in [-0.25, -0.2) is 9.37 Å². The summed E-state index contributed by atoms with van der Waals surface area (Å²) in [4.78, 5) is 19.3. The maximum Gasteiger partial charge on any atom is 0.229 e. The van der Waals surface area contributed by atoms with Gasteiger partial charge in [0, 0.05) is 45.2 Å². The molecule has 0 bridgehead atoms. The van der Waals surface area contributed by atoms with E-state index in [1.165, 1.54) is 0 Å². The molecular weight excluding hydrogens is 349 g/mol. The highest BCUT2D eigenvalue weighted by Gasteiger charge is 2.34. The predicted octanol–water partition coefficient (Wildman–Crippen LogP) is 1.85. The van der Waals surface area contributed by atoms with Crippen LogP contribution in [0.25, 0.3) is 0 Å². The predicted molar refractivity (Wildman–Crippen MR) is 99.6 cm³/mol. The van der Waals surface area contributed by atoms with E-state index < -0.39 is 6.17 Å². The quantitative estimate of drug-likeness (QED) is 0.726. The summed E-state index contributed by atoms with van der Waals surface area (Å²) in [6.07, 6.45) is 3.64. The van der Waals surface area contributed by atoms with Crippen LogP contribution in [0.2, 0.25) is 0 Å². The van der Waals surface area contributed by atoms with Crippen LogP contribution in [0.4, 0.5) is 16.2 Å². The van der Waals surface area contributed by atoms with Gasteiger partial charge in [0.1, 0.15) is 12.0 Å². The van der Waals surface area contributed by atoms with Crippen molar-refractivity contribution < 1.29 is 8.91 Å². The molecule has 1 aliphatic heterocycles. The molecule has 9 heteroatoms. The minimum absolute atomic E-state index is 0.0460. The molecular formula is C18H26FN7O. The van der Waals surface area contributed by atoms with Gasteiger partial charge in [-0.2, -0.15) is 9.97 Å². The van der Waals surface area contributed by atoms with E-state index in [0.717, 1.165) is 24.6 Å². The molecule has 27 heavy (non-hydrogen) atoms. The van der Waals surface area contributed by atoms with E-state index >= 15 is 0 Å². The first-order valence-electron chi connectivity index (χ1n) is 9.41. The summed E-state index contributed by atoms with van der Waals surface area (Å²) < 4.78 is 19.5. The Bertz CT molecular complexity index is 779. The minimum Gasteiger partial charge on any atom is -0.349 e. The van der Waals surface area contributed by atoms with Crippen LogP contribution in [0.15, 0.2) is 16.8 Å². The molecule has 8 nitrogen and oxygen atoms in total. The van der Waals surface area contributed by atoms with E-state index in [9.17, 15) is 4.39 Å². The molecule has 0 amide bonds. The monoisotopic (exact) mass is 375 g/mol. The molecule has 3 heterocycles. The summed E-state index contributed by atoms with van der Waals surface area (Å²) in [5, 5.41) is 4.07. The normalized spacial score (nSPS) is 22.6. The molecule has 0 radical (unpaired) electrons. The maximum absolute atomic E-state index is 14.2. The molecule has 0 N–H and O–H groups in total. The van der Waals surface area contributed by atoms with Crippen molar-refractivity contribution in [1.82, 2.24) is 25.0 Å². The SMILES string of the molecule is CN(Cc1noc(C2CC2)n1)C[C@@H]1C[C@H](F)CN1c1ccnc(N(C)C)n1. The van der Waals surface area contributed by atoms with Crippen LogP contribution >= 0.6 is 0 Å². The molecule has 2 atom stereocenters. The van der Waals surface area contributed by atoms with Crippen molar-refractivity contribution in [3.8, 4) is 0 Å². The zero-order valence-electron chi connectivity index (χ0n) is 16.0. The van der Waals surface area contributed by atoms with Gasteiger partial charge in [-0.05, 0) is 26.0 Å². The fourth-order valence-electron chi connectivity index (χ4n) is 3.52. The van der Waals surface area contributed by atoms with Gasteiger partial charge in [-0.1, -0.05) is 5.16 Å². The first-order valence-corrected chi connectivity index (χ1v) is 9.41. The minimum atomic E-state index is -0.854. The Labute approximate surface area is 158 Å². The third-order valence-corrected chi connectivity index (χ3v) is 5.03. The van der Waals surface area contributed by atoms with Crippen LogP contribution in [0.1, 0.15) is 36.9 Å². The fraction of sp³-hybridized carbons (Fsp3) is 0.667.